The van der Waals surface area contributed by atoms with E-state index in [9.17, 15) is 22.8 Å². The lowest BCUT2D eigenvalue weighted by molar-refractivity contribution is -0.148. The maximum absolute atomic E-state index is 12.4. The summed E-state index contributed by atoms with van der Waals surface area (Å²) in [5, 5.41) is 3.76. The van der Waals surface area contributed by atoms with Crippen LogP contribution in [0.15, 0.2) is 46.7 Å². The highest BCUT2D eigenvalue weighted by Gasteiger charge is 2.24. The van der Waals surface area contributed by atoms with Gasteiger partial charge in [0.1, 0.15) is 6.54 Å². The molecule has 0 aliphatic heterocycles. The molecule has 2 amide bonds. The Labute approximate surface area is 160 Å². The lowest BCUT2D eigenvalue weighted by Crippen LogP contribution is -2.37. The van der Waals surface area contributed by atoms with Crippen LogP contribution in [0.5, 0.6) is 0 Å². The van der Waals surface area contributed by atoms with Gasteiger partial charge >= 0.3 is 5.97 Å². The fourth-order valence-electron chi connectivity index (χ4n) is 1.98. The maximum atomic E-state index is 12.4. The van der Waals surface area contributed by atoms with Crippen LogP contribution in [0, 0.1) is 6.92 Å². The van der Waals surface area contributed by atoms with Gasteiger partial charge in [0.2, 0.25) is 10.0 Å². The summed E-state index contributed by atoms with van der Waals surface area (Å²) in [5.41, 5.74) is 0.902. The molecule has 1 N–H and O–H groups in total. The van der Waals surface area contributed by atoms with Crippen molar-refractivity contribution < 1.29 is 27.5 Å². The summed E-state index contributed by atoms with van der Waals surface area (Å²) in [7, 11) is -2.63. The van der Waals surface area contributed by atoms with Crippen molar-refractivity contribution in [1.29, 1.82) is 0 Å². The van der Waals surface area contributed by atoms with Crippen molar-refractivity contribution in [3.8, 4) is 0 Å². The zero-order valence-electron chi connectivity index (χ0n) is 14.7. The van der Waals surface area contributed by atoms with Crippen LogP contribution in [0.4, 0.5) is 0 Å². The van der Waals surface area contributed by atoms with Crippen molar-refractivity contribution in [3.63, 3.8) is 0 Å². The first-order valence-electron chi connectivity index (χ1n) is 7.76. The number of nitrogens with zero attached hydrogens (tertiary/aromatic N) is 1. The van der Waals surface area contributed by atoms with E-state index in [1.54, 1.807) is 29.6 Å². The highest BCUT2D eigenvalue weighted by atomic mass is 32.2. The fraction of sp³-hybridized carbons (Fsp3) is 0.235. The second-order valence-corrected chi connectivity index (χ2v) is 8.58. The molecule has 1 heterocycles. The Kier molecular flexibility index (Phi) is 6.83. The molecule has 0 saturated heterocycles. The number of nitrogens with one attached hydrogen (secondary N) is 1. The van der Waals surface area contributed by atoms with E-state index in [-0.39, 0.29) is 4.90 Å². The number of imide groups is 1. The zero-order valence-corrected chi connectivity index (χ0v) is 16.3. The third kappa shape index (κ3) is 5.71. The molecule has 2 rings (SSSR count). The summed E-state index contributed by atoms with van der Waals surface area (Å²) < 4.78 is 30.3. The summed E-state index contributed by atoms with van der Waals surface area (Å²) in [4.78, 5) is 35.6. The van der Waals surface area contributed by atoms with E-state index in [1.165, 1.54) is 19.2 Å². The van der Waals surface area contributed by atoms with Crippen molar-refractivity contribution in [1.82, 2.24) is 9.62 Å². The minimum absolute atomic E-state index is 0.0442. The number of hydrogen-bond donors (Lipinski definition) is 1. The number of sulfonamides is 1. The second kappa shape index (κ2) is 8.89. The molecule has 8 nitrogen and oxygen atoms in total. The van der Waals surface area contributed by atoms with E-state index in [4.69, 9.17) is 4.74 Å². The van der Waals surface area contributed by atoms with Gasteiger partial charge in [-0.05, 0) is 30.5 Å². The monoisotopic (exact) mass is 410 g/mol. The summed E-state index contributed by atoms with van der Waals surface area (Å²) in [6, 6.07) is 9.38. The lowest BCUT2D eigenvalue weighted by Gasteiger charge is -2.16. The van der Waals surface area contributed by atoms with Gasteiger partial charge in [-0.15, -0.1) is 11.3 Å². The largest absolute Gasteiger partial charge is 0.455 e. The molecule has 0 atom stereocenters. The van der Waals surface area contributed by atoms with E-state index >= 15 is 0 Å². The molecule has 0 unspecified atom stereocenters. The molecular formula is C17H18N2O6S2. The van der Waals surface area contributed by atoms with E-state index in [1.807, 2.05) is 6.92 Å². The van der Waals surface area contributed by atoms with Crippen LogP contribution in [-0.4, -0.2) is 50.7 Å². The summed E-state index contributed by atoms with van der Waals surface area (Å²) >= 11 is 1.16. The van der Waals surface area contributed by atoms with Crippen molar-refractivity contribution in [2.24, 2.45) is 0 Å². The number of amides is 2. The molecule has 0 bridgehead atoms. The number of aryl methyl sites for hydroxylation is 1. The number of carbonyl (C=O) groups is 3. The van der Waals surface area contributed by atoms with Gasteiger partial charge < -0.3 is 4.74 Å². The average Bonchev–Trinajstić information content (AvgIpc) is 3.15. The molecule has 0 spiro atoms. The molecule has 0 aliphatic carbocycles. The van der Waals surface area contributed by atoms with Crippen LogP contribution in [0.25, 0.3) is 0 Å². The smallest absolute Gasteiger partial charge is 0.321 e. The van der Waals surface area contributed by atoms with Crippen LogP contribution in [0.2, 0.25) is 0 Å². The van der Waals surface area contributed by atoms with Gasteiger partial charge in [0.15, 0.2) is 6.61 Å². The van der Waals surface area contributed by atoms with Gasteiger partial charge in [-0.1, -0.05) is 23.8 Å². The molecular weight excluding hydrogens is 392 g/mol. The first-order valence-corrected chi connectivity index (χ1v) is 10.1. The molecule has 1 aromatic heterocycles. The average molecular weight is 410 g/mol. The third-order valence-corrected chi connectivity index (χ3v) is 6.13. The minimum atomic E-state index is -3.86. The molecule has 144 valence electrons. The molecule has 0 saturated carbocycles. The van der Waals surface area contributed by atoms with Crippen molar-refractivity contribution >= 4 is 39.1 Å². The number of ether oxygens (including phenoxy) is 1. The Morgan fingerprint density at radius 1 is 1.15 bits per heavy atom. The van der Waals surface area contributed by atoms with Gasteiger partial charge in [-0.3, -0.25) is 19.7 Å². The normalized spacial score (nSPS) is 11.2. The molecule has 0 fully saturated rings. The first-order chi connectivity index (χ1) is 12.7. The standard InChI is InChI=1S/C17H18N2O6S2/c1-12-5-7-13(8-6-12)27(23,24)19(2)10-16(21)25-11-15(20)18-17(22)14-4-3-9-26-14/h3-9H,10-11H2,1-2H3,(H,18,20,22). The molecule has 0 aliphatic rings. The minimum Gasteiger partial charge on any atom is -0.455 e. The van der Waals surface area contributed by atoms with E-state index in [2.05, 4.69) is 5.32 Å². The fourth-order valence-corrected chi connectivity index (χ4v) is 3.71. The SMILES string of the molecule is Cc1ccc(S(=O)(=O)N(C)CC(=O)OCC(=O)NC(=O)c2cccs2)cc1. The summed E-state index contributed by atoms with van der Waals surface area (Å²) in [6.07, 6.45) is 0. The van der Waals surface area contributed by atoms with Crippen molar-refractivity contribution in [2.75, 3.05) is 20.2 Å². The Bertz CT molecular complexity index is 921. The van der Waals surface area contributed by atoms with Gasteiger partial charge in [-0.25, -0.2) is 8.42 Å². The Morgan fingerprint density at radius 2 is 1.81 bits per heavy atom. The molecule has 10 heteroatoms. The summed E-state index contributed by atoms with van der Waals surface area (Å²) in [5.74, 6) is -2.30. The predicted molar refractivity (Wildman–Crippen MR) is 98.7 cm³/mol. The number of benzene rings is 1. The van der Waals surface area contributed by atoms with E-state index < -0.39 is 41.0 Å². The molecule has 27 heavy (non-hydrogen) atoms. The van der Waals surface area contributed by atoms with Crippen LogP contribution < -0.4 is 5.32 Å². The molecule has 1 aromatic carbocycles. The number of esters is 1. The predicted octanol–water partition coefficient (Wildman–Crippen LogP) is 1.18. The lowest BCUT2D eigenvalue weighted by atomic mass is 10.2. The van der Waals surface area contributed by atoms with E-state index in [0.717, 1.165) is 21.2 Å². The van der Waals surface area contributed by atoms with E-state index in [0.29, 0.717) is 4.88 Å². The molecule has 2 aromatic rings. The topological polar surface area (TPSA) is 110 Å². The number of thiophene rings is 1. The number of rotatable bonds is 7. The van der Waals surface area contributed by atoms with Crippen molar-refractivity contribution in [3.05, 3.63) is 52.2 Å². The Balaban J connectivity index is 1.84. The van der Waals surface area contributed by atoms with Crippen molar-refractivity contribution in [2.45, 2.75) is 11.8 Å². The van der Waals surface area contributed by atoms with Crippen LogP contribution in [0.3, 0.4) is 0 Å². The number of hydrogen-bond acceptors (Lipinski definition) is 7. The van der Waals surface area contributed by atoms with Crippen LogP contribution in [-0.2, 0) is 24.3 Å². The highest BCUT2D eigenvalue weighted by molar-refractivity contribution is 7.89. The van der Waals surface area contributed by atoms with Crippen LogP contribution >= 0.6 is 11.3 Å². The van der Waals surface area contributed by atoms with Gasteiger partial charge in [0.25, 0.3) is 11.8 Å². The Hall–Kier alpha value is -2.56. The Morgan fingerprint density at radius 3 is 2.41 bits per heavy atom. The van der Waals surface area contributed by atoms with Gasteiger partial charge in [0, 0.05) is 7.05 Å². The second-order valence-electron chi connectivity index (χ2n) is 5.59. The third-order valence-electron chi connectivity index (χ3n) is 3.44. The first kappa shape index (κ1) is 20.7. The van der Waals surface area contributed by atoms with Crippen LogP contribution in [0.1, 0.15) is 15.2 Å². The zero-order chi connectivity index (χ0) is 20.0. The quantitative estimate of drug-likeness (QED) is 0.687. The number of carbonyl (C=O) groups excluding carboxylic acids is 3. The van der Waals surface area contributed by atoms with Gasteiger partial charge in [-0.2, -0.15) is 4.31 Å². The maximum Gasteiger partial charge on any atom is 0.321 e. The highest BCUT2D eigenvalue weighted by Crippen LogP contribution is 2.14. The number of likely N-dealkylation sites (N-methyl/N-ethyl adjacent to an activating group) is 1. The molecule has 0 radical (unpaired) electrons. The van der Waals surface area contributed by atoms with Gasteiger partial charge in [0.05, 0.1) is 9.77 Å². The summed E-state index contributed by atoms with van der Waals surface area (Å²) in [6.45, 7) is 0.572.